The topological polar surface area (TPSA) is 84.7 Å². The average Bonchev–Trinajstić information content (AvgIpc) is 3.21. The van der Waals surface area contributed by atoms with Crippen molar-refractivity contribution in [3.63, 3.8) is 0 Å². The Morgan fingerprint density at radius 3 is 3.03 bits per heavy atom. The minimum atomic E-state index is -0.273. The number of hydrogen-bond donors (Lipinski definition) is 1. The Morgan fingerprint density at radius 2 is 2.15 bits per heavy atom. The molecule has 4 aromatic rings. The number of halogens is 1. The van der Waals surface area contributed by atoms with Gasteiger partial charge < -0.3 is 15.0 Å². The van der Waals surface area contributed by atoms with E-state index in [1.807, 2.05) is 10.4 Å². The molecule has 1 fully saturated rings. The van der Waals surface area contributed by atoms with Crippen molar-refractivity contribution in [2.45, 2.75) is 38.4 Å². The Bertz CT molecular complexity index is 1440. The third-order valence-electron chi connectivity index (χ3n) is 6.59. The van der Waals surface area contributed by atoms with E-state index in [1.54, 1.807) is 34.3 Å². The van der Waals surface area contributed by atoms with E-state index in [0.29, 0.717) is 42.3 Å². The highest BCUT2D eigenvalue weighted by Crippen LogP contribution is 2.39. The van der Waals surface area contributed by atoms with Gasteiger partial charge in [-0.25, -0.2) is 19.3 Å². The monoisotopic (exact) mass is 462 g/mol. The quantitative estimate of drug-likeness (QED) is 0.498. The molecule has 0 atom stereocenters. The van der Waals surface area contributed by atoms with Gasteiger partial charge in [0.25, 0.3) is 5.91 Å². The summed E-state index contributed by atoms with van der Waals surface area (Å²) in [6.45, 7) is 1.30. The fourth-order valence-electron chi connectivity index (χ4n) is 4.79. The highest BCUT2D eigenvalue weighted by atomic mass is 32.1. The van der Waals surface area contributed by atoms with Crippen LogP contribution in [-0.4, -0.2) is 42.8 Å². The molecule has 0 unspecified atom stereocenters. The van der Waals surface area contributed by atoms with Crippen molar-refractivity contribution >= 4 is 28.7 Å². The van der Waals surface area contributed by atoms with Gasteiger partial charge in [-0.2, -0.15) is 0 Å². The number of anilines is 1. The number of benzene rings is 1. The van der Waals surface area contributed by atoms with Crippen molar-refractivity contribution < 1.29 is 13.9 Å². The minimum absolute atomic E-state index is 0.0823. The van der Waals surface area contributed by atoms with Gasteiger partial charge in [0.1, 0.15) is 17.9 Å². The molecule has 7 rings (SSSR count). The van der Waals surface area contributed by atoms with Gasteiger partial charge >= 0.3 is 0 Å². The number of hydrogen-bond acceptors (Lipinski definition) is 7. The first-order valence-corrected chi connectivity index (χ1v) is 11.8. The van der Waals surface area contributed by atoms with Gasteiger partial charge in [-0.3, -0.25) is 9.20 Å². The van der Waals surface area contributed by atoms with Gasteiger partial charge in [0, 0.05) is 41.9 Å². The number of rotatable bonds is 4. The van der Waals surface area contributed by atoms with Crippen LogP contribution < -0.4 is 10.1 Å². The largest absolute Gasteiger partial charge is 0.493 e. The third kappa shape index (κ3) is 2.86. The van der Waals surface area contributed by atoms with E-state index in [9.17, 15) is 9.18 Å². The Labute approximate surface area is 192 Å². The number of thiazole rings is 1. The number of carbonyl (C=O) groups is 1. The van der Waals surface area contributed by atoms with E-state index in [2.05, 4.69) is 20.3 Å². The third-order valence-corrected chi connectivity index (χ3v) is 7.49. The number of nitrogens with zero attached hydrogens (tertiary/aromatic N) is 5. The molecule has 1 aliphatic carbocycles. The predicted molar refractivity (Wildman–Crippen MR) is 120 cm³/mol. The van der Waals surface area contributed by atoms with Crippen molar-refractivity contribution in [3.8, 4) is 16.2 Å². The fourth-order valence-corrected chi connectivity index (χ4v) is 5.61. The SMILES string of the molecule is O=C1c2ncn3c(NCc4c(F)ccc5c4CCO5)ncc(c23)-c2scnc2CN1C1CC1. The van der Waals surface area contributed by atoms with Crippen LogP contribution in [0.25, 0.3) is 16.0 Å². The van der Waals surface area contributed by atoms with Crippen LogP contribution in [0.2, 0.25) is 0 Å². The van der Waals surface area contributed by atoms with Crippen LogP contribution in [0.3, 0.4) is 0 Å². The molecule has 10 heteroatoms. The Hall–Kier alpha value is -3.53. The summed E-state index contributed by atoms with van der Waals surface area (Å²) in [5.74, 6) is 0.879. The zero-order valence-electron chi connectivity index (χ0n) is 17.5. The molecule has 0 saturated heterocycles. The van der Waals surface area contributed by atoms with Crippen LogP contribution >= 0.6 is 11.3 Å². The number of ether oxygens (including phenoxy) is 1. The lowest BCUT2D eigenvalue weighted by molar-refractivity contribution is 0.0724. The molecule has 3 aromatic heterocycles. The van der Waals surface area contributed by atoms with Crippen LogP contribution in [0.4, 0.5) is 10.3 Å². The van der Waals surface area contributed by atoms with E-state index in [-0.39, 0.29) is 24.3 Å². The molecule has 1 amide bonds. The second kappa shape index (κ2) is 6.98. The van der Waals surface area contributed by atoms with Gasteiger partial charge in [0.15, 0.2) is 5.69 Å². The van der Waals surface area contributed by atoms with Gasteiger partial charge in [-0.05, 0) is 25.0 Å². The van der Waals surface area contributed by atoms with Crippen LogP contribution in [0, 0.1) is 5.82 Å². The Morgan fingerprint density at radius 1 is 1.24 bits per heavy atom. The minimum Gasteiger partial charge on any atom is -0.493 e. The number of aromatic nitrogens is 4. The molecule has 5 heterocycles. The first kappa shape index (κ1) is 19.0. The van der Waals surface area contributed by atoms with Crippen molar-refractivity contribution in [2.75, 3.05) is 11.9 Å². The second-order valence-electron chi connectivity index (χ2n) is 8.55. The first-order valence-electron chi connectivity index (χ1n) is 11.0. The lowest BCUT2D eigenvalue weighted by Gasteiger charge is -2.23. The van der Waals surface area contributed by atoms with E-state index in [1.165, 1.54) is 6.07 Å². The van der Waals surface area contributed by atoms with E-state index < -0.39 is 0 Å². The molecule has 1 aromatic carbocycles. The molecule has 0 spiro atoms. The first-order chi connectivity index (χ1) is 16.2. The molecule has 0 bridgehead atoms. The predicted octanol–water partition coefficient (Wildman–Crippen LogP) is 3.66. The zero-order chi connectivity index (χ0) is 22.1. The molecular formula is C23H19FN6O2S. The van der Waals surface area contributed by atoms with E-state index in [4.69, 9.17) is 4.74 Å². The lowest BCUT2D eigenvalue weighted by Crippen LogP contribution is -2.34. The molecule has 1 saturated carbocycles. The molecule has 33 heavy (non-hydrogen) atoms. The standard InChI is InChI=1S/C23H19FN6O2S/c24-16-3-4-18-13(5-6-32-18)14(16)7-25-23-26-8-15-20-19(27-10-30(20)23)22(31)29(12-1-2-12)9-17-21(15)33-11-28-17/h3-4,8,10-12H,1-2,5-7,9H2,(H,25,26). The van der Waals surface area contributed by atoms with Crippen molar-refractivity contribution in [1.29, 1.82) is 0 Å². The summed E-state index contributed by atoms with van der Waals surface area (Å²) in [4.78, 5) is 30.0. The molecule has 0 radical (unpaired) electrons. The maximum atomic E-state index is 14.6. The molecule has 2 aliphatic heterocycles. The van der Waals surface area contributed by atoms with E-state index in [0.717, 1.165) is 40.3 Å². The highest BCUT2D eigenvalue weighted by Gasteiger charge is 2.38. The fraction of sp³-hybridized carbons (Fsp3) is 0.304. The number of carbonyl (C=O) groups excluding carboxylic acids is 1. The van der Waals surface area contributed by atoms with Gasteiger partial charge in [0.05, 0.1) is 34.7 Å². The van der Waals surface area contributed by atoms with Crippen LogP contribution in [0.5, 0.6) is 5.75 Å². The van der Waals surface area contributed by atoms with Crippen LogP contribution in [0.1, 0.15) is 40.2 Å². The Kier molecular flexibility index (Phi) is 4.02. The number of amides is 1. The maximum Gasteiger partial charge on any atom is 0.275 e. The van der Waals surface area contributed by atoms with Crippen LogP contribution in [-0.2, 0) is 19.5 Å². The maximum absolute atomic E-state index is 14.6. The molecule has 3 aliphatic rings. The summed E-state index contributed by atoms with van der Waals surface area (Å²) in [7, 11) is 0. The van der Waals surface area contributed by atoms with Crippen molar-refractivity contribution in [1.82, 2.24) is 24.3 Å². The summed E-state index contributed by atoms with van der Waals surface area (Å²) in [5, 5.41) is 3.26. The summed E-state index contributed by atoms with van der Waals surface area (Å²) in [6.07, 6.45) is 6.08. The molecule has 1 N–H and O–H groups in total. The molecule has 166 valence electrons. The Balaban J connectivity index is 1.33. The lowest BCUT2D eigenvalue weighted by atomic mass is 10.0. The summed E-state index contributed by atoms with van der Waals surface area (Å²) in [6, 6.07) is 3.36. The number of nitrogens with one attached hydrogen (secondary N) is 1. The van der Waals surface area contributed by atoms with Crippen LogP contribution in [0.15, 0.2) is 30.2 Å². The smallest absolute Gasteiger partial charge is 0.275 e. The normalized spacial score (nSPS) is 16.9. The van der Waals surface area contributed by atoms with Gasteiger partial charge in [-0.15, -0.1) is 11.3 Å². The second-order valence-corrected chi connectivity index (χ2v) is 9.41. The van der Waals surface area contributed by atoms with E-state index >= 15 is 0 Å². The zero-order valence-corrected chi connectivity index (χ0v) is 18.4. The summed E-state index contributed by atoms with van der Waals surface area (Å²) < 4.78 is 22.0. The number of imidazole rings is 1. The number of fused-ring (bicyclic) bond motifs is 3. The molecule has 8 nitrogen and oxygen atoms in total. The van der Waals surface area contributed by atoms with Crippen molar-refractivity contribution in [2.24, 2.45) is 0 Å². The van der Waals surface area contributed by atoms with Crippen molar-refractivity contribution in [3.05, 3.63) is 58.5 Å². The van der Waals surface area contributed by atoms with Gasteiger partial charge in [0.2, 0.25) is 5.95 Å². The highest BCUT2D eigenvalue weighted by molar-refractivity contribution is 7.13. The average molecular weight is 463 g/mol. The summed E-state index contributed by atoms with van der Waals surface area (Å²) >= 11 is 1.54. The molecular weight excluding hydrogens is 443 g/mol. The van der Waals surface area contributed by atoms with Gasteiger partial charge in [-0.1, -0.05) is 0 Å². The summed E-state index contributed by atoms with van der Waals surface area (Å²) in [5.41, 5.74) is 6.13.